The van der Waals surface area contributed by atoms with Gasteiger partial charge in [0.15, 0.2) is 11.5 Å². The number of likely N-dealkylation sites (tertiary alicyclic amines) is 1. The van der Waals surface area contributed by atoms with Gasteiger partial charge in [-0.2, -0.15) is 0 Å². The predicted molar refractivity (Wildman–Crippen MR) is 69.8 cm³/mol. The molecule has 4 heteroatoms. The van der Waals surface area contributed by atoms with E-state index in [-0.39, 0.29) is 5.75 Å². The molecule has 2 aliphatic heterocycles. The lowest BCUT2D eigenvalue weighted by atomic mass is 10.0. The fourth-order valence-electron chi connectivity index (χ4n) is 3.17. The summed E-state index contributed by atoms with van der Waals surface area (Å²) >= 11 is 0. The molecule has 0 spiro atoms. The van der Waals surface area contributed by atoms with Crippen molar-refractivity contribution < 1.29 is 9.84 Å². The van der Waals surface area contributed by atoms with Gasteiger partial charge in [-0.1, -0.05) is 6.07 Å². The summed E-state index contributed by atoms with van der Waals surface area (Å²) in [6.45, 7) is 5.59. The van der Waals surface area contributed by atoms with Crippen LogP contribution in [0.5, 0.6) is 11.5 Å². The first-order valence-corrected chi connectivity index (χ1v) is 6.55. The summed E-state index contributed by atoms with van der Waals surface area (Å²) < 4.78 is 5.06. The molecule has 2 heterocycles. The molecule has 0 aromatic heterocycles. The van der Waals surface area contributed by atoms with Gasteiger partial charge in [-0.3, -0.25) is 4.90 Å². The number of benzene rings is 1. The molecule has 0 amide bonds. The Morgan fingerprint density at radius 2 is 2.06 bits per heavy atom. The lowest BCUT2D eigenvalue weighted by molar-refractivity contribution is 0.304. The van der Waals surface area contributed by atoms with Gasteiger partial charge in [-0.25, -0.2) is 0 Å². The van der Waals surface area contributed by atoms with Gasteiger partial charge in [0.2, 0.25) is 0 Å². The SMILES string of the molecule is COc1ccc(CN2C[C@H]3CNC[C@H]3C2)cc1O. The fourth-order valence-corrected chi connectivity index (χ4v) is 3.17. The highest BCUT2D eigenvalue weighted by molar-refractivity contribution is 5.41. The van der Waals surface area contributed by atoms with Crippen LogP contribution in [0.2, 0.25) is 0 Å². The van der Waals surface area contributed by atoms with E-state index in [9.17, 15) is 5.11 Å². The van der Waals surface area contributed by atoms with Crippen LogP contribution in [0.1, 0.15) is 5.56 Å². The molecule has 3 rings (SSSR count). The van der Waals surface area contributed by atoms with E-state index < -0.39 is 0 Å². The lowest BCUT2D eigenvalue weighted by Gasteiger charge is -2.17. The highest BCUT2D eigenvalue weighted by Gasteiger charge is 2.35. The summed E-state index contributed by atoms with van der Waals surface area (Å²) in [5.74, 6) is 2.41. The Labute approximate surface area is 108 Å². The molecule has 4 nitrogen and oxygen atoms in total. The van der Waals surface area contributed by atoms with Gasteiger partial charge in [0, 0.05) is 19.6 Å². The van der Waals surface area contributed by atoms with Crippen LogP contribution in [0.25, 0.3) is 0 Å². The highest BCUT2D eigenvalue weighted by Crippen LogP contribution is 2.30. The van der Waals surface area contributed by atoms with E-state index in [1.54, 1.807) is 7.11 Å². The summed E-state index contributed by atoms with van der Waals surface area (Å²) in [7, 11) is 1.57. The molecular weight excluding hydrogens is 228 g/mol. The van der Waals surface area contributed by atoms with Crippen LogP contribution in [0, 0.1) is 11.8 Å². The number of phenols is 1. The van der Waals surface area contributed by atoms with E-state index in [0.717, 1.165) is 37.0 Å². The Morgan fingerprint density at radius 1 is 1.33 bits per heavy atom. The van der Waals surface area contributed by atoms with Crippen molar-refractivity contribution in [3.05, 3.63) is 23.8 Å². The quantitative estimate of drug-likeness (QED) is 0.839. The zero-order valence-electron chi connectivity index (χ0n) is 10.7. The van der Waals surface area contributed by atoms with Crippen molar-refractivity contribution in [3.8, 4) is 11.5 Å². The molecule has 0 saturated carbocycles. The zero-order valence-corrected chi connectivity index (χ0v) is 10.7. The number of nitrogens with one attached hydrogen (secondary N) is 1. The van der Waals surface area contributed by atoms with Crippen molar-refractivity contribution in [1.29, 1.82) is 0 Å². The van der Waals surface area contributed by atoms with Crippen molar-refractivity contribution in [2.24, 2.45) is 11.8 Å². The Morgan fingerprint density at radius 3 is 2.67 bits per heavy atom. The number of aromatic hydroxyl groups is 1. The molecule has 2 N–H and O–H groups in total. The molecule has 0 unspecified atom stereocenters. The van der Waals surface area contributed by atoms with Crippen LogP contribution in [0.15, 0.2) is 18.2 Å². The maximum atomic E-state index is 9.77. The van der Waals surface area contributed by atoms with Crippen LogP contribution in [-0.4, -0.2) is 43.3 Å². The summed E-state index contributed by atoms with van der Waals surface area (Å²) in [4.78, 5) is 2.48. The van der Waals surface area contributed by atoms with Gasteiger partial charge < -0.3 is 15.2 Å². The standard InChI is InChI=1S/C14H20N2O2/c1-18-14-3-2-10(4-13(14)17)7-16-8-11-5-15-6-12(11)9-16/h2-4,11-12,15,17H,5-9H2,1H3/t11-,12+. The third-order valence-corrected chi connectivity index (χ3v) is 4.11. The largest absolute Gasteiger partial charge is 0.504 e. The summed E-state index contributed by atoms with van der Waals surface area (Å²) in [5, 5.41) is 13.2. The molecule has 98 valence electrons. The van der Waals surface area contributed by atoms with Gasteiger partial charge in [0.25, 0.3) is 0 Å². The molecule has 0 radical (unpaired) electrons. The fraction of sp³-hybridized carbons (Fsp3) is 0.571. The van der Waals surface area contributed by atoms with E-state index in [0.29, 0.717) is 5.75 Å². The van der Waals surface area contributed by atoms with Crippen LogP contribution in [0.4, 0.5) is 0 Å². The van der Waals surface area contributed by atoms with Crippen molar-refractivity contribution >= 4 is 0 Å². The average Bonchev–Trinajstić information content (AvgIpc) is 2.90. The van der Waals surface area contributed by atoms with Gasteiger partial charge in [0.05, 0.1) is 7.11 Å². The summed E-state index contributed by atoms with van der Waals surface area (Å²) in [5.41, 5.74) is 1.15. The highest BCUT2D eigenvalue weighted by atomic mass is 16.5. The molecule has 0 aliphatic carbocycles. The first kappa shape index (κ1) is 11.8. The van der Waals surface area contributed by atoms with E-state index in [2.05, 4.69) is 10.2 Å². The number of hydrogen-bond acceptors (Lipinski definition) is 4. The van der Waals surface area contributed by atoms with Gasteiger partial charge in [-0.05, 0) is 42.6 Å². The van der Waals surface area contributed by atoms with E-state index in [1.165, 1.54) is 13.1 Å². The van der Waals surface area contributed by atoms with Gasteiger partial charge >= 0.3 is 0 Å². The third-order valence-electron chi connectivity index (χ3n) is 4.11. The zero-order chi connectivity index (χ0) is 12.5. The molecule has 2 saturated heterocycles. The van der Waals surface area contributed by atoms with Crippen molar-refractivity contribution in [2.45, 2.75) is 6.54 Å². The molecule has 2 fully saturated rings. The molecule has 2 atom stereocenters. The monoisotopic (exact) mass is 248 g/mol. The second-order valence-electron chi connectivity index (χ2n) is 5.38. The molecule has 1 aromatic rings. The summed E-state index contributed by atoms with van der Waals surface area (Å²) in [6.07, 6.45) is 0. The Balaban J connectivity index is 1.65. The Bertz CT molecular complexity index is 424. The number of nitrogens with zero attached hydrogens (tertiary/aromatic N) is 1. The summed E-state index contributed by atoms with van der Waals surface area (Å²) in [6, 6.07) is 5.68. The predicted octanol–water partition coefficient (Wildman–Crippen LogP) is 1.05. The minimum atomic E-state index is 0.232. The number of hydrogen-bond donors (Lipinski definition) is 2. The van der Waals surface area contributed by atoms with Crippen LogP contribution >= 0.6 is 0 Å². The lowest BCUT2D eigenvalue weighted by Crippen LogP contribution is -2.25. The number of methoxy groups -OCH3 is 1. The van der Waals surface area contributed by atoms with Crippen molar-refractivity contribution in [2.75, 3.05) is 33.3 Å². The maximum Gasteiger partial charge on any atom is 0.160 e. The van der Waals surface area contributed by atoms with E-state index in [4.69, 9.17) is 4.74 Å². The smallest absolute Gasteiger partial charge is 0.160 e. The minimum Gasteiger partial charge on any atom is -0.504 e. The van der Waals surface area contributed by atoms with Crippen LogP contribution in [0.3, 0.4) is 0 Å². The van der Waals surface area contributed by atoms with Crippen LogP contribution < -0.4 is 10.1 Å². The van der Waals surface area contributed by atoms with E-state index in [1.807, 2.05) is 18.2 Å². The van der Waals surface area contributed by atoms with Gasteiger partial charge in [0.1, 0.15) is 0 Å². The second kappa shape index (κ2) is 4.78. The Kier molecular flexibility index (Phi) is 3.14. The van der Waals surface area contributed by atoms with Crippen LogP contribution in [-0.2, 0) is 6.54 Å². The molecule has 1 aromatic carbocycles. The minimum absolute atomic E-state index is 0.232. The Hall–Kier alpha value is -1.26. The molecule has 0 bridgehead atoms. The molecule has 18 heavy (non-hydrogen) atoms. The second-order valence-corrected chi connectivity index (χ2v) is 5.38. The van der Waals surface area contributed by atoms with Crippen molar-refractivity contribution in [1.82, 2.24) is 10.2 Å². The first-order valence-electron chi connectivity index (χ1n) is 6.55. The third kappa shape index (κ3) is 2.18. The molecule has 2 aliphatic rings. The first-order chi connectivity index (χ1) is 8.76. The number of phenolic OH excluding ortho intramolecular Hbond substituents is 1. The van der Waals surface area contributed by atoms with Crippen molar-refractivity contribution in [3.63, 3.8) is 0 Å². The topological polar surface area (TPSA) is 44.7 Å². The number of ether oxygens (including phenoxy) is 1. The number of fused-ring (bicyclic) bond motifs is 1. The van der Waals surface area contributed by atoms with Gasteiger partial charge in [-0.15, -0.1) is 0 Å². The normalized spacial score (nSPS) is 27.4. The maximum absolute atomic E-state index is 9.77. The number of rotatable bonds is 3. The molecular formula is C14H20N2O2. The van der Waals surface area contributed by atoms with E-state index >= 15 is 0 Å². The average molecular weight is 248 g/mol.